The van der Waals surface area contributed by atoms with Gasteiger partial charge in [0.2, 0.25) is 0 Å². The number of carbonyl (C=O) groups excluding carboxylic acids is 1. The summed E-state index contributed by atoms with van der Waals surface area (Å²) in [4.78, 5) is 15.9. The summed E-state index contributed by atoms with van der Waals surface area (Å²) in [5.74, 6) is 3.20. The van der Waals surface area contributed by atoms with Crippen molar-refractivity contribution < 1.29 is 22.7 Å². The third-order valence-electron chi connectivity index (χ3n) is 4.39. The van der Waals surface area contributed by atoms with Gasteiger partial charge in [0, 0.05) is 29.1 Å². The topological polar surface area (TPSA) is 51.2 Å². The molecule has 7 heteroatoms. The lowest BCUT2D eigenvalue weighted by molar-refractivity contribution is 0.129. The second-order valence-electron chi connectivity index (χ2n) is 6.36. The molecule has 1 aromatic heterocycles. The van der Waals surface area contributed by atoms with Crippen LogP contribution in [0.15, 0.2) is 60.9 Å². The summed E-state index contributed by atoms with van der Waals surface area (Å²) in [6.45, 7) is 0. The Morgan fingerprint density at radius 1 is 0.966 bits per heavy atom. The summed E-state index contributed by atoms with van der Waals surface area (Å²) in [7, 11) is 0. The van der Waals surface area contributed by atoms with E-state index in [0.717, 1.165) is 6.07 Å². The van der Waals surface area contributed by atoms with E-state index in [1.165, 1.54) is 36.7 Å². The number of ether oxygens (including phenoxy) is 1. The number of cyclic esters (lactones) is 1. The van der Waals surface area contributed by atoms with E-state index in [4.69, 9.17) is 4.74 Å². The second-order valence-corrected chi connectivity index (χ2v) is 6.36. The Hall–Kier alpha value is -3.79. The number of hydrogen-bond donors (Lipinski definition) is 1. The van der Waals surface area contributed by atoms with Gasteiger partial charge in [0.05, 0.1) is 0 Å². The fourth-order valence-electron chi connectivity index (χ4n) is 3.07. The fraction of sp³-hybridized carbons (Fsp3) is 0.0909. The minimum absolute atomic E-state index is 0.0791. The highest BCUT2D eigenvalue weighted by molar-refractivity contribution is 5.71. The Labute approximate surface area is 164 Å². The molecule has 3 aromatic rings. The number of alkyl carbamates (subject to hydrolysis) is 1. The number of pyridine rings is 1. The summed E-state index contributed by atoms with van der Waals surface area (Å²) < 4.78 is 46.3. The maximum atomic E-state index is 14.2. The van der Waals surface area contributed by atoms with Crippen molar-refractivity contribution in [1.29, 1.82) is 0 Å². The SMILES string of the molecule is O=C1N[C@H](c2cncc(C#Cc3cccc(F)c3)c2)[C@@H](c2cccc(F)c2F)O1. The highest BCUT2D eigenvalue weighted by Crippen LogP contribution is 2.38. The number of hydrogen-bond acceptors (Lipinski definition) is 3. The molecule has 0 radical (unpaired) electrons. The van der Waals surface area contributed by atoms with Gasteiger partial charge in [-0.15, -0.1) is 0 Å². The largest absolute Gasteiger partial charge is 0.439 e. The molecule has 2 heterocycles. The molecule has 2 atom stereocenters. The first kappa shape index (κ1) is 18.6. The minimum Gasteiger partial charge on any atom is -0.439 e. The third kappa shape index (κ3) is 3.92. The Morgan fingerprint density at radius 3 is 2.59 bits per heavy atom. The Morgan fingerprint density at radius 2 is 1.76 bits per heavy atom. The molecule has 0 bridgehead atoms. The maximum Gasteiger partial charge on any atom is 0.408 e. The van der Waals surface area contributed by atoms with Gasteiger partial charge in [0.15, 0.2) is 17.7 Å². The summed E-state index contributed by atoms with van der Waals surface area (Å²) in [6.07, 6.45) is 1.17. The number of nitrogens with one attached hydrogen (secondary N) is 1. The summed E-state index contributed by atoms with van der Waals surface area (Å²) in [6, 6.07) is 10.4. The predicted molar refractivity (Wildman–Crippen MR) is 98.1 cm³/mol. The lowest BCUT2D eigenvalue weighted by Crippen LogP contribution is -2.20. The van der Waals surface area contributed by atoms with E-state index in [1.54, 1.807) is 18.2 Å². The molecule has 2 aromatic carbocycles. The van der Waals surface area contributed by atoms with Crippen LogP contribution in [0.3, 0.4) is 0 Å². The molecule has 0 aliphatic carbocycles. The monoisotopic (exact) mass is 394 g/mol. The van der Waals surface area contributed by atoms with Gasteiger partial charge in [0.1, 0.15) is 11.9 Å². The van der Waals surface area contributed by atoms with Crippen LogP contribution in [0.2, 0.25) is 0 Å². The van der Waals surface area contributed by atoms with Crippen LogP contribution in [-0.4, -0.2) is 11.1 Å². The normalized spacial score (nSPS) is 17.8. The van der Waals surface area contributed by atoms with E-state index in [0.29, 0.717) is 16.7 Å². The highest BCUT2D eigenvalue weighted by Gasteiger charge is 2.38. The molecule has 1 fully saturated rings. The van der Waals surface area contributed by atoms with Crippen molar-refractivity contribution >= 4 is 6.09 Å². The molecule has 29 heavy (non-hydrogen) atoms. The molecule has 144 valence electrons. The standard InChI is InChI=1S/C22H13F3N2O2/c23-16-4-1-3-13(10-16)7-8-14-9-15(12-26-11-14)20-21(29-22(28)27-20)17-5-2-6-18(24)19(17)25/h1-6,9-12,20-21H,(H,27,28)/t20-,21-/m1/s1. The number of benzene rings is 2. The average Bonchev–Trinajstić information content (AvgIpc) is 3.10. The second kappa shape index (κ2) is 7.68. The minimum atomic E-state index is -1.07. The molecule has 0 saturated carbocycles. The van der Waals surface area contributed by atoms with Gasteiger partial charge in [-0.3, -0.25) is 4.98 Å². The molecule has 0 spiro atoms. The zero-order valence-corrected chi connectivity index (χ0v) is 14.8. The third-order valence-corrected chi connectivity index (χ3v) is 4.39. The van der Waals surface area contributed by atoms with Crippen molar-refractivity contribution in [3.05, 3.63) is 101 Å². The van der Waals surface area contributed by atoms with Gasteiger partial charge in [0.25, 0.3) is 0 Å². The molecule has 4 rings (SSSR count). The van der Waals surface area contributed by atoms with Crippen molar-refractivity contribution in [2.24, 2.45) is 0 Å². The zero-order valence-electron chi connectivity index (χ0n) is 14.8. The first-order chi connectivity index (χ1) is 14.0. The maximum absolute atomic E-state index is 14.2. The number of amides is 1. The molecule has 1 saturated heterocycles. The van der Waals surface area contributed by atoms with Crippen LogP contribution < -0.4 is 5.32 Å². The van der Waals surface area contributed by atoms with Gasteiger partial charge in [-0.2, -0.15) is 0 Å². The first-order valence-corrected chi connectivity index (χ1v) is 8.65. The van der Waals surface area contributed by atoms with Crippen LogP contribution in [0.1, 0.15) is 34.4 Å². The van der Waals surface area contributed by atoms with E-state index in [9.17, 15) is 18.0 Å². The Kier molecular flexibility index (Phi) is 4.92. The summed E-state index contributed by atoms with van der Waals surface area (Å²) in [5, 5.41) is 2.59. The molecule has 0 unspecified atom stereocenters. The smallest absolute Gasteiger partial charge is 0.408 e. The lowest BCUT2D eigenvalue weighted by Gasteiger charge is -2.18. The van der Waals surface area contributed by atoms with Gasteiger partial charge in [-0.25, -0.2) is 18.0 Å². The quantitative estimate of drug-likeness (QED) is 0.655. The van der Waals surface area contributed by atoms with Crippen molar-refractivity contribution in [2.45, 2.75) is 12.1 Å². The molecule has 4 nitrogen and oxygen atoms in total. The molecule has 1 aliphatic heterocycles. The van der Waals surface area contributed by atoms with Crippen LogP contribution in [0, 0.1) is 29.3 Å². The highest BCUT2D eigenvalue weighted by atomic mass is 19.2. The van der Waals surface area contributed by atoms with Crippen molar-refractivity contribution in [2.75, 3.05) is 0 Å². The van der Waals surface area contributed by atoms with E-state index < -0.39 is 35.7 Å². The number of rotatable bonds is 2. The number of nitrogens with zero attached hydrogens (tertiary/aromatic N) is 1. The molecule has 1 aliphatic rings. The Bertz CT molecular complexity index is 1150. The van der Waals surface area contributed by atoms with Gasteiger partial charge in [-0.1, -0.05) is 30.0 Å². The first-order valence-electron chi connectivity index (χ1n) is 8.65. The van der Waals surface area contributed by atoms with Crippen LogP contribution in [0.4, 0.5) is 18.0 Å². The van der Waals surface area contributed by atoms with Crippen LogP contribution in [-0.2, 0) is 4.74 Å². The van der Waals surface area contributed by atoms with Crippen LogP contribution in [0.5, 0.6) is 0 Å². The van der Waals surface area contributed by atoms with E-state index in [2.05, 4.69) is 22.1 Å². The van der Waals surface area contributed by atoms with E-state index in [-0.39, 0.29) is 5.56 Å². The average molecular weight is 394 g/mol. The van der Waals surface area contributed by atoms with Gasteiger partial charge in [-0.05, 0) is 35.9 Å². The van der Waals surface area contributed by atoms with Crippen LogP contribution in [0.25, 0.3) is 0 Å². The predicted octanol–water partition coefficient (Wildman–Crippen LogP) is 4.42. The molecular weight excluding hydrogens is 381 g/mol. The van der Waals surface area contributed by atoms with Crippen molar-refractivity contribution in [3.63, 3.8) is 0 Å². The number of carbonyl (C=O) groups is 1. The number of halogens is 3. The number of aromatic nitrogens is 1. The summed E-state index contributed by atoms with van der Waals surface area (Å²) in [5.41, 5.74) is 1.43. The summed E-state index contributed by atoms with van der Waals surface area (Å²) >= 11 is 0. The Balaban J connectivity index is 1.66. The van der Waals surface area contributed by atoms with Crippen molar-refractivity contribution in [3.8, 4) is 11.8 Å². The molecular formula is C22H13F3N2O2. The molecule has 1 N–H and O–H groups in total. The van der Waals surface area contributed by atoms with Gasteiger partial charge < -0.3 is 10.1 Å². The van der Waals surface area contributed by atoms with E-state index in [1.807, 2.05) is 0 Å². The van der Waals surface area contributed by atoms with Crippen molar-refractivity contribution in [1.82, 2.24) is 10.3 Å². The lowest BCUT2D eigenvalue weighted by atomic mass is 9.96. The molecule has 1 amide bonds. The van der Waals surface area contributed by atoms with Crippen LogP contribution >= 0.6 is 0 Å². The van der Waals surface area contributed by atoms with Gasteiger partial charge >= 0.3 is 6.09 Å². The fourth-order valence-corrected chi connectivity index (χ4v) is 3.07. The van der Waals surface area contributed by atoms with E-state index >= 15 is 0 Å². The zero-order chi connectivity index (χ0) is 20.4.